The molecule has 0 aromatic heterocycles. The van der Waals surface area contributed by atoms with Gasteiger partial charge in [-0.25, -0.2) is 4.39 Å². The molecule has 1 atom stereocenters. The lowest BCUT2D eigenvalue weighted by molar-refractivity contribution is -0.142. The fraction of sp³-hybridized carbons (Fsp3) is 0.364. The molecule has 2 rings (SSSR count). The number of hydrogen-bond acceptors (Lipinski definition) is 3. The van der Waals surface area contributed by atoms with Crippen molar-refractivity contribution in [3.63, 3.8) is 0 Å². The van der Waals surface area contributed by atoms with Gasteiger partial charge in [-0.1, -0.05) is 44.2 Å². The number of rotatable bonds is 8. The first kappa shape index (κ1) is 21.4. The smallest absolute Gasteiger partial charge is 0.261 e. The Morgan fingerprint density at radius 2 is 1.71 bits per heavy atom. The summed E-state index contributed by atoms with van der Waals surface area (Å²) in [6.45, 7) is 5.76. The average molecular weight is 386 g/mol. The highest BCUT2D eigenvalue weighted by atomic mass is 19.1. The van der Waals surface area contributed by atoms with E-state index in [1.165, 1.54) is 24.1 Å². The number of ether oxygens (including phenoxy) is 1. The second kappa shape index (κ2) is 9.88. The molecule has 1 N–H and O–H groups in total. The first-order chi connectivity index (χ1) is 13.3. The number of nitrogens with zero attached hydrogens (tertiary/aromatic N) is 1. The number of carbonyl (C=O) groups excluding carboxylic acids is 2. The molecule has 0 fully saturated rings. The van der Waals surface area contributed by atoms with Gasteiger partial charge in [0.1, 0.15) is 17.6 Å². The zero-order valence-corrected chi connectivity index (χ0v) is 16.7. The SMILES string of the molecule is CNC(=O)C(C)N(Cc1ccc(F)cc1)C(=O)COc1ccccc1C(C)C. The molecule has 6 heteroatoms. The van der Waals surface area contributed by atoms with Gasteiger partial charge in [0.15, 0.2) is 6.61 Å². The largest absolute Gasteiger partial charge is 0.483 e. The maximum Gasteiger partial charge on any atom is 0.261 e. The van der Waals surface area contributed by atoms with Crippen molar-refractivity contribution in [3.8, 4) is 5.75 Å². The molecule has 0 bridgehead atoms. The Balaban J connectivity index is 2.16. The van der Waals surface area contributed by atoms with E-state index in [2.05, 4.69) is 19.2 Å². The summed E-state index contributed by atoms with van der Waals surface area (Å²) in [6, 6.07) is 12.8. The summed E-state index contributed by atoms with van der Waals surface area (Å²) in [5.41, 5.74) is 1.74. The van der Waals surface area contributed by atoms with Crippen LogP contribution < -0.4 is 10.1 Å². The summed E-state index contributed by atoms with van der Waals surface area (Å²) in [6.07, 6.45) is 0. The summed E-state index contributed by atoms with van der Waals surface area (Å²) >= 11 is 0. The molecule has 5 nitrogen and oxygen atoms in total. The Morgan fingerprint density at radius 3 is 2.32 bits per heavy atom. The first-order valence-corrected chi connectivity index (χ1v) is 9.30. The Morgan fingerprint density at radius 1 is 1.07 bits per heavy atom. The van der Waals surface area contributed by atoms with Crippen LogP contribution in [-0.2, 0) is 16.1 Å². The van der Waals surface area contributed by atoms with Crippen molar-refractivity contribution in [1.82, 2.24) is 10.2 Å². The van der Waals surface area contributed by atoms with Crippen molar-refractivity contribution in [2.75, 3.05) is 13.7 Å². The molecule has 0 aliphatic heterocycles. The van der Waals surface area contributed by atoms with Gasteiger partial charge in [0.25, 0.3) is 5.91 Å². The van der Waals surface area contributed by atoms with Gasteiger partial charge in [0.05, 0.1) is 0 Å². The topological polar surface area (TPSA) is 58.6 Å². The summed E-state index contributed by atoms with van der Waals surface area (Å²) < 4.78 is 18.9. The van der Waals surface area contributed by atoms with Crippen LogP contribution in [0.15, 0.2) is 48.5 Å². The normalized spacial score (nSPS) is 11.8. The molecular weight excluding hydrogens is 359 g/mol. The van der Waals surface area contributed by atoms with Crippen LogP contribution in [0.25, 0.3) is 0 Å². The van der Waals surface area contributed by atoms with Crippen LogP contribution in [0, 0.1) is 5.82 Å². The highest BCUT2D eigenvalue weighted by molar-refractivity contribution is 5.87. The predicted octanol–water partition coefficient (Wildman–Crippen LogP) is 3.49. The van der Waals surface area contributed by atoms with Crippen LogP contribution in [0.3, 0.4) is 0 Å². The van der Waals surface area contributed by atoms with Gasteiger partial charge in [0, 0.05) is 13.6 Å². The van der Waals surface area contributed by atoms with Crippen LogP contribution in [0.1, 0.15) is 37.8 Å². The summed E-state index contributed by atoms with van der Waals surface area (Å²) in [4.78, 5) is 26.4. The van der Waals surface area contributed by atoms with E-state index in [-0.39, 0.29) is 36.7 Å². The van der Waals surface area contributed by atoms with E-state index in [1.54, 1.807) is 19.1 Å². The predicted molar refractivity (Wildman–Crippen MR) is 107 cm³/mol. The van der Waals surface area contributed by atoms with Crippen LogP contribution in [0.4, 0.5) is 4.39 Å². The average Bonchev–Trinajstić information content (AvgIpc) is 2.70. The molecule has 0 spiro atoms. The quantitative estimate of drug-likeness (QED) is 0.756. The third kappa shape index (κ3) is 5.55. The summed E-state index contributed by atoms with van der Waals surface area (Å²) in [7, 11) is 1.52. The van der Waals surface area contributed by atoms with Crippen molar-refractivity contribution < 1.29 is 18.7 Å². The van der Waals surface area contributed by atoms with Gasteiger partial charge < -0.3 is 15.0 Å². The monoisotopic (exact) mass is 386 g/mol. The first-order valence-electron chi connectivity index (χ1n) is 9.30. The minimum absolute atomic E-state index is 0.183. The van der Waals surface area contributed by atoms with E-state index >= 15 is 0 Å². The number of amides is 2. The molecule has 0 aliphatic rings. The molecule has 28 heavy (non-hydrogen) atoms. The number of nitrogens with one attached hydrogen (secondary N) is 1. The number of likely N-dealkylation sites (N-methyl/N-ethyl adjacent to an activating group) is 1. The van der Waals surface area contributed by atoms with Gasteiger partial charge in [0.2, 0.25) is 5.91 Å². The lowest BCUT2D eigenvalue weighted by Crippen LogP contribution is -2.48. The number of para-hydroxylation sites is 1. The fourth-order valence-electron chi connectivity index (χ4n) is 2.89. The number of halogens is 1. The Kier molecular flexibility index (Phi) is 7.55. The summed E-state index contributed by atoms with van der Waals surface area (Å²) in [5, 5.41) is 2.56. The van der Waals surface area contributed by atoms with E-state index in [9.17, 15) is 14.0 Å². The van der Waals surface area contributed by atoms with E-state index in [0.717, 1.165) is 11.1 Å². The third-order valence-electron chi connectivity index (χ3n) is 4.57. The second-order valence-corrected chi connectivity index (χ2v) is 6.92. The molecule has 2 aromatic carbocycles. The molecule has 0 aliphatic carbocycles. The van der Waals surface area contributed by atoms with E-state index in [0.29, 0.717) is 5.75 Å². The van der Waals surface area contributed by atoms with Crippen molar-refractivity contribution >= 4 is 11.8 Å². The van der Waals surface area contributed by atoms with E-state index in [4.69, 9.17) is 4.74 Å². The van der Waals surface area contributed by atoms with Crippen molar-refractivity contribution in [3.05, 3.63) is 65.5 Å². The third-order valence-corrected chi connectivity index (χ3v) is 4.57. The molecule has 0 saturated heterocycles. The van der Waals surface area contributed by atoms with Gasteiger partial charge in [-0.2, -0.15) is 0 Å². The van der Waals surface area contributed by atoms with Gasteiger partial charge >= 0.3 is 0 Å². The van der Waals surface area contributed by atoms with Gasteiger partial charge in [-0.05, 0) is 42.2 Å². The van der Waals surface area contributed by atoms with Crippen LogP contribution >= 0.6 is 0 Å². The fourth-order valence-corrected chi connectivity index (χ4v) is 2.89. The summed E-state index contributed by atoms with van der Waals surface area (Å²) in [5.74, 6) is -0.0433. The zero-order chi connectivity index (χ0) is 20.7. The molecular formula is C22H27FN2O3. The zero-order valence-electron chi connectivity index (χ0n) is 16.7. The highest BCUT2D eigenvalue weighted by Gasteiger charge is 2.26. The molecule has 0 saturated carbocycles. The molecule has 150 valence electrons. The second-order valence-electron chi connectivity index (χ2n) is 6.92. The molecule has 1 unspecified atom stereocenters. The number of carbonyl (C=O) groups is 2. The van der Waals surface area contributed by atoms with E-state index < -0.39 is 6.04 Å². The van der Waals surface area contributed by atoms with Gasteiger partial charge in [-0.15, -0.1) is 0 Å². The van der Waals surface area contributed by atoms with Crippen molar-refractivity contribution in [2.45, 2.75) is 39.3 Å². The molecule has 0 heterocycles. The molecule has 2 aromatic rings. The Labute approximate surface area is 165 Å². The lowest BCUT2D eigenvalue weighted by Gasteiger charge is -2.28. The Hall–Kier alpha value is -2.89. The van der Waals surface area contributed by atoms with Crippen molar-refractivity contribution in [2.24, 2.45) is 0 Å². The minimum atomic E-state index is -0.688. The Bertz CT molecular complexity index is 806. The highest BCUT2D eigenvalue weighted by Crippen LogP contribution is 2.26. The molecule has 0 radical (unpaired) electrons. The maximum absolute atomic E-state index is 13.2. The lowest BCUT2D eigenvalue weighted by atomic mass is 10.0. The molecule has 2 amide bonds. The number of benzene rings is 2. The standard InChI is InChI=1S/C22H27FN2O3/c1-15(2)19-7-5-6-8-20(19)28-14-21(26)25(16(3)22(27)24-4)13-17-9-11-18(23)12-10-17/h5-12,15-16H,13-14H2,1-4H3,(H,24,27). The number of hydrogen-bond donors (Lipinski definition) is 1. The minimum Gasteiger partial charge on any atom is -0.483 e. The van der Waals surface area contributed by atoms with E-state index in [1.807, 2.05) is 24.3 Å². The van der Waals surface area contributed by atoms with Crippen LogP contribution in [0.2, 0.25) is 0 Å². The maximum atomic E-state index is 13.2. The van der Waals surface area contributed by atoms with Gasteiger partial charge in [-0.3, -0.25) is 9.59 Å². The van der Waals surface area contributed by atoms with Crippen molar-refractivity contribution in [1.29, 1.82) is 0 Å². The van der Waals surface area contributed by atoms with Crippen LogP contribution in [0.5, 0.6) is 5.75 Å². The van der Waals surface area contributed by atoms with Crippen LogP contribution in [-0.4, -0.2) is 36.4 Å².